The van der Waals surface area contributed by atoms with Gasteiger partial charge in [-0.05, 0) is 43.0 Å². The maximum absolute atomic E-state index is 11.1. The number of ether oxygens (including phenoxy) is 1. The van der Waals surface area contributed by atoms with Crippen molar-refractivity contribution >= 4 is 16.9 Å². The van der Waals surface area contributed by atoms with Crippen LogP contribution in [0.15, 0.2) is 48.7 Å². The standard InChI is InChI=1S/C24H24N2O3/c1-2-4-18(14-24(27)28)17-9-11-19(12-10-17)29-23(13-16-7-8-16)20-5-3-6-22-21(20)15-25-26-22/h3,5-6,9-12,15-16,18,23H,7-8,13-14H2,1H3,(H,25,26)(H,27,28). The lowest BCUT2D eigenvalue weighted by Gasteiger charge is -2.21. The summed E-state index contributed by atoms with van der Waals surface area (Å²) >= 11 is 0. The molecule has 5 heteroatoms. The summed E-state index contributed by atoms with van der Waals surface area (Å²) in [4.78, 5) is 11.1. The molecule has 2 N–H and O–H groups in total. The lowest BCUT2D eigenvalue weighted by atomic mass is 9.96. The Morgan fingerprint density at radius 1 is 1.28 bits per heavy atom. The number of aromatic amines is 1. The average molecular weight is 388 g/mol. The molecule has 0 bridgehead atoms. The second-order valence-electron chi connectivity index (χ2n) is 7.58. The first-order valence-electron chi connectivity index (χ1n) is 9.96. The molecular weight excluding hydrogens is 364 g/mol. The van der Waals surface area contributed by atoms with Gasteiger partial charge in [0.2, 0.25) is 0 Å². The number of H-pyrrole nitrogens is 1. The van der Waals surface area contributed by atoms with Crippen molar-refractivity contribution in [2.24, 2.45) is 5.92 Å². The fourth-order valence-electron chi connectivity index (χ4n) is 3.71. The lowest BCUT2D eigenvalue weighted by Crippen LogP contribution is -2.09. The van der Waals surface area contributed by atoms with E-state index in [-0.39, 0.29) is 18.4 Å². The van der Waals surface area contributed by atoms with E-state index in [0.717, 1.165) is 34.2 Å². The predicted molar refractivity (Wildman–Crippen MR) is 112 cm³/mol. The van der Waals surface area contributed by atoms with Gasteiger partial charge < -0.3 is 9.84 Å². The number of hydrogen-bond acceptors (Lipinski definition) is 3. The van der Waals surface area contributed by atoms with Crippen LogP contribution in [0, 0.1) is 17.8 Å². The Morgan fingerprint density at radius 2 is 2.07 bits per heavy atom. The highest BCUT2D eigenvalue weighted by atomic mass is 16.5. The number of carbonyl (C=O) groups is 1. The van der Waals surface area contributed by atoms with Crippen LogP contribution in [-0.2, 0) is 4.79 Å². The van der Waals surface area contributed by atoms with Crippen LogP contribution in [0.4, 0.5) is 0 Å². The minimum Gasteiger partial charge on any atom is -0.486 e. The zero-order valence-electron chi connectivity index (χ0n) is 16.4. The molecule has 148 valence electrons. The Labute approximate surface area is 170 Å². The summed E-state index contributed by atoms with van der Waals surface area (Å²) in [6, 6.07) is 13.8. The van der Waals surface area contributed by atoms with E-state index in [1.54, 1.807) is 6.92 Å². The number of carboxylic acids is 1. The van der Waals surface area contributed by atoms with Crippen LogP contribution in [0.3, 0.4) is 0 Å². The maximum atomic E-state index is 11.1. The van der Waals surface area contributed by atoms with E-state index in [1.807, 2.05) is 42.6 Å². The smallest absolute Gasteiger partial charge is 0.304 e. The second-order valence-corrected chi connectivity index (χ2v) is 7.58. The molecule has 0 aliphatic heterocycles. The molecule has 29 heavy (non-hydrogen) atoms. The molecule has 2 unspecified atom stereocenters. The van der Waals surface area contributed by atoms with Crippen LogP contribution in [0.25, 0.3) is 10.9 Å². The molecule has 1 saturated carbocycles. The van der Waals surface area contributed by atoms with Gasteiger partial charge in [0.1, 0.15) is 11.9 Å². The van der Waals surface area contributed by atoms with E-state index >= 15 is 0 Å². The molecule has 0 saturated heterocycles. The number of hydrogen-bond donors (Lipinski definition) is 2. The number of nitrogens with one attached hydrogen (secondary N) is 1. The zero-order chi connectivity index (χ0) is 20.2. The van der Waals surface area contributed by atoms with Gasteiger partial charge in [-0.2, -0.15) is 5.10 Å². The third kappa shape index (κ3) is 4.60. The van der Waals surface area contributed by atoms with Gasteiger partial charge in [-0.15, -0.1) is 5.92 Å². The first-order valence-corrected chi connectivity index (χ1v) is 9.96. The monoisotopic (exact) mass is 388 g/mol. The van der Waals surface area contributed by atoms with Crippen LogP contribution < -0.4 is 4.74 Å². The van der Waals surface area contributed by atoms with E-state index in [4.69, 9.17) is 9.84 Å². The fourth-order valence-corrected chi connectivity index (χ4v) is 3.71. The molecular formula is C24H24N2O3. The molecule has 3 aromatic rings. The summed E-state index contributed by atoms with van der Waals surface area (Å²) in [5.74, 6) is 6.14. The Kier molecular flexibility index (Phi) is 5.53. The molecule has 1 aliphatic rings. The van der Waals surface area contributed by atoms with Crippen molar-refractivity contribution < 1.29 is 14.6 Å². The van der Waals surface area contributed by atoms with Crippen molar-refractivity contribution in [2.45, 2.75) is 44.6 Å². The van der Waals surface area contributed by atoms with Gasteiger partial charge in [0.05, 0.1) is 24.1 Å². The van der Waals surface area contributed by atoms with Crippen LogP contribution in [0.2, 0.25) is 0 Å². The van der Waals surface area contributed by atoms with Gasteiger partial charge in [0.15, 0.2) is 0 Å². The number of rotatable bonds is 8. The average Bonchev–Trinajstić information content (AvgIpc) is 3.39. The predicted octanol–water partition coefficient (Wildman–Crippen LogP) is 5.06. The van der Waals surface area contributed by atoms with E-state index in [1.165, 1.54) is 12.8 Å². The van der Waals surface area contributed by atoms with Gasteiger partial charge in [0.25, 0.3) is 0 Å². The number of aliphatic carboxylic acids is 1. The summed E-state index contributed by atoms with van der Waals surface area (Å²) in [7, 11) is 0. The van der Waals surface area contributed by atoms with Gasteiger partial charge >= 0.3 is 5.97 Å². The number of fused-ring (bicyclic) bond motifs is 1. The topological polar surface area (TPSA) is 75.2 Å². The van der Waals surface area contributed by atoms with Gasteiger partial charge in [-0.1, -0.05) is 43.0 Å². The molecule has 0 amide bonds. The Balaban J connectivity index is 1.57. The van der Waals surface area contributed by atoms with E-state index in [2.05, 4.69) is 28.1 Å². The molecule has 2 atom stereocenters. The number of nitrogens with zero attached hydrogens (tertiary/aromatic N) is 1. The minimum absolute atomic E-state index is 0.00612. The van der Waals surface area contributed by atoms with Crippen molar-refractivity contribution in [1.82, 2.24) is 10.2 Å². The first-order chi connectivity index (χ1) is 14.1. The third-order valence-electron chi connectivity index (χ3n) is 5.37. The second kappa shape index (κ2) is 8.40. The summed E-state index contributed by atoms with van der Waals surface area (Å²) in [5.41, 5.74) is 3.05. The van der Waals surface area contributed by atoms with E-state index < -0.39 is 5.97 Å². The largest absolute Gasteiger partial charge is 0.486 e. The van der Waals surface area contributed by atoms with E-state index in [0.29, 0.717) is 5.92 Å². The molecule has 0 spiro atoms. The maximum Gasteiger partial charge on any atom is 0.304 e. The van der Waals surface area contributed by atoms with E-state index in [9.17, 15) is 4.79 Å². The Hall–Kier alpha value is -3.26. The first kappa shape index (κ1) is 19.1. The summed E-state index contributed by atoms with van der Waals surface area (Å²) in [6.45, 7) is 1.73. The molecule has 2 aromatic carbocycles. The van der Waals surface area contributed by atoms with Crippen molar-refractivity contribution in [1.29, 1.82) is 0 Å². The normalized spacial score (nSPS) is 15.3. The Morgan fingerprint density at radius 3 is 2.76 bits per heavy atom. The molecule has 4 rings (SSSR count). The minimum atomic E-state index is -0.851. The highest BCUT2D eigenvalue weighted by molar-refractivity contribution is 5.82. The van der Waals surface area contributed by atoms with Crippen LogP contribution >= 0.6 is 0 Å². The van der Waals surface area contributed by atoms with Gasteiger partial charge in [-0.3, -0.25) is 9.89 Å². The zero-order valence-corrected chi connectivity index (χ0v) is 16.4. The van der Waals surface area contributed by atoms with Gasteiger partial charge in [-0.25, -0.2) is 0 Å². The summed E-state index contributed by atoms with van der Waals surface area (Å²) < 4.78 is 6.41. The van der Waals surface area contributed by atoms with Crippen molar-refractivity contribution in [3.63, 3.8) is 0 Å². The van der Waals surface area contributed by atoms with Crippen molar-refractivity contribution in [3.8, 4) is 17.6 Å². The molecule has 1 aliphatic carbocycles. The highest BCUT2D eigenvalue weighted by Crippen LogP contribution is 2.41. The van der Waals surface area contributed by atoms with Crippen molar-refractivity contribution in [2.75, 3.05) is 0 Å². The molecule has 1 aromatic heterocycles. The van der Waals surface area contributed by atoms with Crippen LogP contribution in [0.1, 0.15) is 55.8 Å². The fraction of sp³-hybridized carbons (Fsp3) is 0.333. The molecule has 1 fully saturated rings. The molecule has 1 heterocycles. The van der Waals surface area contributed by atoms with Crippen molar-refractivity contribution in [3.05, 3.63) is 59.8 Å². The number of carboxylic acid groups (broad SMARTS) is 1. The lowest BCUT2D eigenvalue weighted by molar-refractivity contribution is -0.137. The number of aromatic nitrogens is 2. The van der Waals surface area contributed by atoms with Gasteiger partial charge in [0, 0.05) is 10.9 Å². The summed E-state index contributed by atoms with van der Waals surface area (Å²) in [6.07, 6.45) is 5.30. The molecule has 0 radical (unpaired) electrons. The highest BCUT2D eigenvalue weighted by Gasteiger charge is 2.28. The van der Waals surface area contributed by atoms with Crippen LogP contribution in [0.5, 0.6) is 5.75 Å². The Bertz CT molecular complexity index is 1050. The quantitative estimate of drug-likeness (QED) is 0.529. The number of benzene rings is 2. The van der Waals surface area contributed by atoms with Crippen LogP contribution in [-0.4, -0.2) is 21.3 Å². The third-order valence-corrected chi connectivity index (χ3v) is 5.37. The molecule has 5 nitrogen and oxygen atoms in total. The summed E-state index contributed by atoms with van der Waals surface area (Å²) in [5, 5.41) is 17.4. The SMILES string of the molecule is CC#CC(CC(=O)O)c1ccc(OC(CC2CC2)c2cccc3[nH]ncc23)cc1.